The first-order valence-corrected chi connectivity index (χ1v) is 5.32. The van der Waals surface area contributed by atoms with Crippen LogP contribution in [0.2, 0.25) is 0 Å². The Labute approximate surface area is 84.9 Å². The third kappa shape index (κ3) is 1.00. The topological polar surface area (TPSA) is 29.1 Å². The largest absolute Gasteiger partial charge is 0.321 e. The number of anilines is 1. The number of benzene rings is 1. The second kappa shape index (κ2) is 2.51. The highest BCUT2D eigenvalue weighted by molar-refractivity contribution is 8.02. The molecule has 0 unspecified atom stereocenters. The van der Waals surface area contributed by atoms with E-state index in [1.165, 1.54) is 17.8 Å². The van der Waals surface area contributed by atoms with Gasteiger partial charge in [0.2, 0.25) is 5.91 Å². The van der Waals surface area contributed by atoms with Crippen LogP contribution in [0, 0.1) is 5.82 Å². The highest BCUT2D eigenvalue weighted by atomic mass is 32.2. The van der Waals surface area contributed by atoms with Crippen LogP contribution in [0.4, 0.5) is 10.1 Å². The molecule has 0 radical (unpaired) electrons. The van der Waals surface area contributed by atoms with Gasteiger partial charge in [-0.2, -0.15) is 0 Å². The fourth-order valence-electron chi connectivity index (χ4n) is 1.64. The Balaban J connectivity index is 2.11. The summed E-state index contributed by atoms with van der Waals surface area (Å²) in [4.78, 5) is 12.4. The van der Waals surface area contributed by atoms with Crippen LogP contribution in [0.1, 0.15) is 12.8 Å². The van der Waals surface area contributed by atoms with Crippen LogP contribution in [0.3, 0.4) is 0 Å². The summed E-state index contributed by atoms with van der Waals surface area (Å²) in [5, 5.41) is 2.65. The molecule has 0 atom stereocenters. The van der Waals surface area contributed by atoms with E-state index in [4.69, 9.17) is 0 Å². The molecule has 2 nitrogen and oxygen atoms in total. The van der Waals surface area contributed by atoms with E-state index in [1.54, 1.807) is 6.07 Å². The monoisotopic (exact) mass is 209 g/mol. The molecule has 1 aliphatic heterocycles. The van der Waals surface area contributed by atoms with E-state index >= 15 is 0 Å². The van der Waals surface area contributed by atoms with Crippen molar-refractivity contribution < 1.29 is 9.18 Å². The molecule has 4 heteroatoms. The summed E-state index contributed by atoms with van der Waals surface area (Å²) in [5.74, 6) is -0.390. The quantitative estimate of drug-likeness (QED) is 0.711. The molecular formula is C10H8FNOS. The lowest BCUT2D eigenvalue weighted by Gasteiger charge is -2.23. The van der Waals surface area contributed by atoms with Crippen LogP contribution in [0.15, 0.2) is 23.1 Å². The number of hydrogen-bond donors (Lipinski definition) is 1. The number of carbonyl (C=O) groups is 1. The molecule has 1 N–H and O–H groups in total. The number of nitrogens with one attached hydrogen (secondary N) is 1. The van der Waals surface area contributed by atoms with Gasteiger partial charge in [0.1, 0.15) is 5.82 Å². The molecule has 0 saturated heterocycles. The minimum atomic E-state index is -0.348. The van der Waals surface area contributed by atoms with Crippen molar-refractivity contribution >= 4 is 23.4 Å². The molecule has 1 amide bonds. The zero-order valence-corrected chi connectivity index (χ0v) is 8.16. The average molecular weight is 209 g/mol. The molecule has 3 rings (SSSR count). The van der Waals surface area contributed by atoms with E-state index in [-0.39, 0.29) is 16.5 Å². The molecule has 0 aromatic heterocycles. The smallest absolute Gasteiger partial charge is 0.241 e. The fraction of sp³-hybridized carbons (Fsp3) is 0.300. The van der Waals surface area contributed by atoms with Crippen molar-refractivity contribution in [3.8, 4) is 0 Å². The number of halogens is 1. The second-order valence-electron chi connectivity index (χ2n) is 3.66. The highest BCUT2D eigenvalue weighted by Crippen LogP contribution is 2.56. The molecule has 72 valence electrons. The van der Waals surface area contributed by atoms with E-state index in [1.807, 2.05) is 6.07 Å². The van der Waals surface area contributed by atoms with Crippen LogP contribution in [0.5, 0.6) is 0 Å². The number of amides is 1. The summed E-state index contributed by atoms with van der Waals surface area (Å²) >= 11 is 1.50. The summed E-state index contributed by atoms with van der Waals surface area (Å²) in [6.07, 6.45) is 1.80. The van der Waals surface area contributed by atoms with Crippen molar-refractivity contribution in [3.05, 3.63) is 24.0 Å². The number of para-hydroxylation sites is 1. The zero-order chi connectivity index (χ0) is 9.76. The van der Waals surface area contributed by atoms with Gasteiger partial charge in [-0.15, -0.1) is 11.8 Å². The molecule has 2 aliphatic rings. The maximum absolute atomic E-state index is 13.3. The predicted molar refractivity (Wildman–Crippen MR) is 52.9 cm³/mol. The van der Waals surface area contributed by atoms with Gasteiger partial charge in [-0.25, -0.2) is 4.39 Å². The van der Waals surface area contributed by atoms with Gasteiger partial charge in [-0.3, -0.25) is 4.79 Å². The van der Waals surface area contributed by atoms with E-state index in [0.717, 1.165) is 17.7 Å². The van der Waals surface area contributed by atoms with Crippen molar-refractivity contribution in [2.24, 2.45) is 0 Å². The maximum Gasteiger partial charge on any atom is 0.241 e. The number of fused-ring (bicyclic) bond motifs is 1. The van der Waals surface area contributed by atoms with Crippen LogP contribution >= 0.6 is 11.8 Å². The fourth-order valence-corrected chi connectivity index (χ4v) is 2.91. The summed E-state index contributed by atoms with van der Waals surface area (Å²) in [7, 11) is 0. The van der Waals surface area contributed by atoms with E-state index in [0.29, 0.717) is 5.69 Å². The summed E-state index contributed by atoms with van der Waals surface area (Å²) < 4.78 is 13.0. The molecule has 1 fully saturated rings. The highest BCUT2D eigenvalue weighted by Gasteiger charge is 2.53. The van der Waals surface area contributed by atoms with Crippen LogP contribution in [0.25, 0.3) is 0 Å². The molecule has 1 saturated carbocycles. The molecule has 1 spiro atoms. The lowest BCUT2D eigenvalue weighted by Crippen LogP contribution is -2.31. The van der Waals surface area contributed by atoms with Gasteiger partial charge in [0.25, 0.3) is 0 Å². The maximum atomic E-state index is 13.3. The Morgan fingerprint density at radius 2 is 2.21 bits per heavy atom. The molecule has 1 heterocycles. The molecule has 14 heavy (non-hydrogen) atoms. The molecule has 1 aromatic carbocycles. The minimum Gasteiger partial charge on any atom is -0.321 e. The standard InChI is InChI=1S/C10H8FNOS/c11-6-2-1-3-7-8(6)12-9(13)10(14-7)4-5-10/h1-3H,4-5H2,(H,12,13). The Morgan fingerprint density at radius 3 is 2.93 bits per heavy atom. The molecule has 1 aliphatic carbocycles. The SMILES string of the molecule is O=C1Nc2c(F)cccc2SC12CC2. The van der Waals surface area contributed by atoms with E-state index < -0.39 is 0 Å². The second-order valence-corrected chi connectivity index (χ2v) is 5.09. The van der Waals surface area contributed by atoms with Gasteiger partial charge < -0.3 is 5.32 Å². The Bertz CT molecular complexity index is 428. The van der Waals surface area contributed by atoms with Crippen molar-refractivity contribution in [2.75, 3.05) is 5.32 Å². The first-order chi connectivity index (χ1) is 6.71. The molecule has 0 bridgehead atoms. The van der Waals surface area contributed by atoms with Gasteiger partial charge >= 0.3 is 0 Å². The minimum absolute atomic E-state index is 0.0416. The number of carbonyl (C=O) groups excluding carboxylic acids is 1. The Morgan fingerprint density at radius 1 is 1.43 bits per heavy atom. The Kier molecular flexibility index (Phi) is 1.49. The van der Waals surface area contributed by atoms with E-state index in [9.17, 15) is 9.18 Å². The van der Waals surface area contributed by atoms with Crippen molar-refractivity contribution in [1.29, 1.82) is 0 Å². The lowest BCUT2D eigenvalue weighted by atomic mass is 10.2. The summed E-state index contributed by atoms with van der Waals surface area (Å²) in [6, 6.07) is 4.89. The van der Waals surface area contributed by atoms with Gasteiger partial charge in [0, 0.05) is 4.90 Å². The third-order valence-electron chi connectivity index (χ3n) is 2.64. The molecular weight excluding hydrogens is 201 g/mol. The average Bonchev–Trinajstić information content (AvgIpc) is 2.91. The van der Waals surface area contributed by atoms with Gasteiger partial charge in [0.15, 0.2) is 0 Å². The van der Waals surface area contributed by atoms with Gasteiger partial charge in [-0.1, -0.05) is 6.07 Å². The third-order valence-corrected chi connectivity index (χ3v) is 4.18. The van der Waals surface area contributed by atoms with E-state index in [2.05, 4.69) is 5.32 Å². The van der Waals surface area contributed by atoms with Crippen LogP contribution in [-0.2, 0) is 4.79 Å². The normalized spacial score (nSPS) is 21.6. The Hall–Kier alpha value is -1.03. The number of thioether (sulfide) groups is 1. The van der Waals surface area contributed by atoms with Crippen LogP contribution < -0.4 is 5.32 Å². The van der Waals surface area contributed by atoms with Gasteiger partial charge in [0.05, 0.1) is 10.4 Å². The van der Waals surface area contributed by atoms with Crippen LogP contribution in [-0.4, -0.2) is 10.7 Å². The lowest BCUT2D eigenvalue weighted by molar-refractivity contribution is -0.116. The van der Waals surface area contributed by atoms with Crippen molar-refractivity contribution in [2.45, 2.75) is 22.5 Å². The van der Waals surface area contributed by atoms with Gasteiger partial charge in [-0.05, 0) is 25.0 Å². The first kappa shape index (κ1) is 8.29. The summed E-state index contributed by atoms with van der Waals surface area (Å²) in [5.41, 5.74) is 0.347. The van der Waals surface area contributed by atoms with Crippen molar-refractivity contribution in [1.82, 2.24) is 0 Å². The van der Waals surface area contributed by atoms with Crippen molar-refractivity contribution in [3.63, 3.8) is 0 Å². The predicted octanol–water partition coefficient (Wildman–Crippen LogP) is 2.40. The molecule has 1 aromatic rings. The summed E-state index contributed by atoms with van der Waals surface area (Å²) in [6.45, 7) is 0. The number of rotatable bonds is 0. The number of hydrogen-bond acceptors (Lipinski definition) is 2. The zero-order valence-electron chi connectivity index (χ0n) is 7.34. The first-order valence-electron chi connectivity index (χ1n) is 4.50.